The van der Waals surface area contributed by atoms with Crippen molar-refractivity contribution >= 4 is 0 Å². The maximum Gasteiger partial charge on any atom is 0.119 e. The Bertz CT molecular complexity index is 268. The summed E-state index contributed by atoms with van der Waals surface area (Å²) in [6.45, 7) is 2.26. The van der Waals surface area contributed by atoms with E-state index in [0.29, 0.717) is 5.54 Å². The van der Waals surface area contributed by atoms with Crippen LogP contribution >= 0.6 is 0 Å². The van der Waals surface area contributed by atoms with E-state index in [9.17, 15) is 0 Å². The first-order valence-corrected chi connectivity index (χ1v) is 3.98. The summed E-state index contributed by atoms with van der Waals surface area (Å²) < 4.78 is 2.15. The summed E-state index contributed by atoms with van der Waals surface area (Å²) in [7, 11) is 0. The van der Waals surface area contributed by atoms with Crippen molar-refractivity contribution in [2.45, 2.75) is 12.0 Å². The van der Waals surface area contributed by atoms with E-state index in [0.717, 1.165) is 19.0 Å². The van der Waals surface area contributed by atoms with Crippen molar-refractivity contribution in [2.75, 3.05) is 13.1 Å². The molecule has 4 heteroatoms. The van der Waals surface area contributed by atoms with Gasteiger partial charge in [0.1, 0.15) is 12.7 Å². The van der Waals surface area contributed by atoms with Gasteiger partial charge in [-0.1, -0.05) is 0 Å². The molecular formula is C7H10N4. The van der Waals surface area contributed by atoms with Gasteiger partial charge in [0, 0.05) is 13.1 Å². The van der Waals surface area contributed by atoms with E-state index in [-0.39, 0.29) is 0 Å². The van der Waals surface area contributed by atoms with Crippen molar-refractivity contribution in [3.63, 3.8) is 0 Å². The molecule has 1 saturated carbocycles. The number of piperidine rings is 1. The smallest absolute Gasteiger partial charge is 0.119 e. The highest BCUT2D eigenvalue weighted by Gasteiger charge is 2.58. The largest absolute Gasteiger partial charge is 0.314 e. The Balaban J connectivity index is 2.01. The van der Waals surface area contributed by atoms with Gasteiger partial charge < -0.3 is 9.88 Å². The maximum atomic E-state index is 3.82. The fraction of sp³-hybridized carbons (Fsp3) is 0.714. The number of fused-ring (bicyclic) bond motifs is 1. The molecule has 0 bridgehead atoms. The van der Waals surface area contributed by atoms with Crippen LogP contribution in [0, 0.1) is 5.92 Å². The molecule has 0 aromatic carbocycles. The molecule has 2 heterocycles. The standard InChI is InChI=1S/C7H10N4/c1-6-2-8-3-7(1,6)11-4-9-10-5-11/h4-6,8H,1-3H2. The van der Waals surface area contributed by atoms with Crippen LogP contribution in [0.5, 0.6) is 0 Å². The minimum atomic E-state index is 0.365. The Kier molecular flexibility index (Phi) is 0.850. The number of nitrogens with zero attached hydrogens (tertiary/aromatic N) is 3. The summed E-state index contributed by atoms with van der Waals surface area (Å²) in [4.78, 5) is 0. The number of hydrogen-bond acceptors (Lipinski definition) is 3. The van der Waals surface area contributed by atoms with Crippen LogP contribution in [0.25, 0.3) is 0 Å². The molecule has 1 aliphatic carbocycles. The van der Waals surface area contributed by atoms with Crippen molar-refractivity contribution in [1.82, 2.24) is 20.1 Å². The Hall–Kier alpha value is -0.900. The highest BCUT2D eigenvalue weighted by molar-refractivity contribution is 5.14. The Labute approximate surface area is 64.6 Å². The number of aromatic nitrogens is 3. The highest BCUT2D eigenvalue weighted by Crippen LogP contribution is 2.52. The van der Waals surface area contributed by atoms with Crippen LogP contribution in [0.4, 0.5) is 0 Å². The van der Waals surface area contributed by atoms with Crippen LogP contribution in [0.3, 0.4) is 0 Å². The fourth-order valence-corrected chi connectivity index (χ4v) is 2.15. The van der Waals surface area contributed by atoms with Crippen molar-refractivity contribution in [3.8, 4) is 0 Å². The van der Waals surface area contributed by atoms with Gasteiger partial charge in [-0.2, -0.15) is 0 Å². The molecule has 58 valence electrons. The van der Waals surface area contributed by atoms with Crippen LogP contribution in [-0.2, 0) is 5.54 Å². The lowest BCUT2D eigenvalue weighted by atomic mass is 10.2. The number of nitrogens with one attached hydrogen (secondary N) is 1. The summed E-state index contributed by atoms with van der Waals surface area (Å²) in [5, 5.41) is 11.0. The predicted molar refractivity (Wildman–Crippen MR) is 39.0 cm³/mol. The molecular weight excluding hydrogens is 140 g/mol. The summed E-state index contributed by atoms with van der Waals surface area (Å²) in [5.74, 6) is 0.832. The summed E-state index contributed by atoms with van der Waals surface area (Å²) >= 11 is 0. The maximum absolute atomic E-state index is 3.82. The van der Waals surface area contributed by atoms with Crippen LogP contribution in [-0.4, -0.2) is 27.9 Å². The van der Waals surface area contributed by atoms with Gasteiger partial charge in [0.25, 0.3) is 0 Å². The van der Waals surface area contributed by atoms with Gasteiger partial charge in [-0.25, -0.2) is 0 Å². The van der Waals surface area contributed by atoms with Crippen LogP contribution in [0.15, 0.2) is 12.7 Å². The SMILES string of the molecule is c1nncn1C12CNCC1C2. The molecule has 1 N–H and O–H groups in total. The van der Waals surface area contributed by atoms with E-state index >= 15 is 0 Å². The quantitative estimate of drug-likeness (QED) is 0.592. The fourth-order valence-electron chi connectivity index (χ4n) is 2.15. The van der Waals surface area contributed by atoms with Crippen LogP contribution in [0.2, 0.25) is 0 Å². The van der Waals surface area contributed by atoms with Crippen molar-refractivity contribution in [1.29, 1.82) is 0 Å². The van der Waals surface area contributed by atoms with Gasteiger partial charge in [0.15, 0.2) is 0 Å². The summed E-state index contributed by atoms with van der Waals surface area (Å²) in [6, 6.07) is 0. The van der Waals surface area contributed by atoms with Crippen LogP contribution < -0.4 is 5.32 Å². The van der Waals surface area contributed by atoms with Gasteiger partial charge >= 0.3 is 0 Å². The summed E-state index contributed by atoms with van der Waals surface area (Å²) in [5.41, 5.74) is 0.365. The third-order valence-electron chi connectivity index (χ3n) is 2.95. The van der Waals surface area contributed by atoms with Gasteiger partial charge in [-0.05, 0) is 12.3 Å². The first-order chi connectivity index (χ1) is 5.42. The monoisotopic (exact) mass is 150 g/mol. The zero-order valence-electron chi connectivity index (χ0n) is 6.20. The first kappa shape index (κ1) is 5.71. The molecule has 2 fully saturated rings. The van der Waals surface area contributed by atoms with E-state index in [1.807, 2.05) is 12.7 Å². The minimum Gasteiger partial charge on any atom is -0.314 e. The molecule has 11 heavy (non-hydrogen) atoms. The Morgan fingerprint density at radius 3 is 2.82 bits per heavy atom. The lowest BCUT2D eigenvalue weighted by molar-refractivity contribution is 0.483. The predicted octanol–water partition coefficient (Wildman–Crippen LogP) is -0.403. The number of rotatable bonds is 1. The first-order valence-electron chi connectivity index (χ1n) is 3.98. The van der Waals surface area contributed by atoms with E-state index < -0.39 is 0 Å². The van der Waals surface area contributed by atoms with Crippen LogP contribution in [0.1, 0.15) is 6.42 Å². The van der Waals surface area contributed by atoms with Gasteiger partial charge in [0.2, 0.25) is 0 Å². The molecule has 1 aromatic heterocycles. The molecule has 0 spiro atoms. The second kappa shape index (κ2) is 1.64. The van der Waals surface area contributed by atoms with E-state index in [1.54, 1.807) is 0 Å². The molecule has 2 unspecified atom stereocenters. The average molecular weight is 150 g/mol. The Morgan fingerprint density at radius 1 is 1.45 bits per heavy atom. The second-order valence-electron chi connectivity index (χ2n) is 3.50. The lowest BCUT2D eigenvalue weighted by Crippen LogP contribution is -2.24. The molecule has 1 aliphatic heterocycles. The third-order valence-corrected chi connectivity index (χ3v) is 2.95. The van der Waals surface area contributed by atoms with Gasteiger partial charge in [0.05, 0.1) is 5.54 Å². The molecule has 3 rings (SSSR count). The lowest BCUT2D eigenvalue weighted by Gasteiger charge is -2.11. The molecule has 1 aromatic rings. The zero-order chi connectivity index (χ0) is 7.31. The highest BCUT2D eigenvalue weighted by atomic mass is 15.3. The molecule has 2 aliphatic rings. The van der Waals surface area contributed by atoms with Gasteiger partial charge in [-0.3, -0.25) is 0 Å². The van der Waals surface area contributed by atoms with Crippen molar-refractivity contribution in [2.24, 2.45) is 5.92 Å². The Morgan fingerprint density at radius 2 is 2.27 bits per heavy atom. The molecule has 2 atom stereocenters. The van der Waals surface area contributed by atoms with E-state index in [2.05, 4.69) is 20.1 Å². The molecule has 4 nitrogen and oxygen atoms in total. The number of hydrogen-bond donors (Lipinski definition) is 1. The normalized spacial score (nSPS) is 40.5. The van der Waals surface area contributed by atoms with Crippen molar-refractivity contribution < 1.29 is 0 Å². The third kappa shape index (κ3) is 0.581. The summed E-state index contributed by atoms with van der Waals surface area (Å²) in [6.07, 6.45) is 4.96. The molecule has 0 radical (unpaired) electrons. The van der Waals surface area contributed by atoms with Crippen molar-refractivity contribution in [3.05, 3.63) is 12.7 Å². The van der Waals surface area contributed by atoms with Gasteiger partial charge in [-0.15, -0.1) is 10.2 Å². The zero-order valence-corrected chi connectivity index (χ0v) is 6.20. The molecule has 1 saturated heterocycles. The minimum absolute atomic E-state index is 0.365. The van der Waals surface area contributed by atoms with E-state index in [1.165, 1.54) is 6.42 Å². The average Bonchev–Trinajstić information content (AvgIpc) is 2.56. The van der Waals surface area contributed by atoms with E-state index in [4.69, 9.17) is 0 Å². The topological polar surface area (TPSA) is 42.7 Å². The molecule has 0 amide bonds. The second-order valence-corrected chi connectivity index (χ2v) is 3.50.